The number of ether oxygens (including phenoxy) is 3. The van der Waals surface area contributed by atoms with Crippen molar-refractivity contribution in [2.45, 2.75) is 56.4 Å². The number of aliphatic hydroxyl groups is 2. The van der Waals surface area contributed by atoms with Gasteiger partial charge in [0.1, 0.15) is 61.0 Å². The quantitative estimate of drug-likeness (QED) is 0.258. The Balaban J connectivity index is 1.89. The first-order valence-electron chi connectivity index (χ1n) is 15.8. The second-order valence-electron chi connectivity index (χ2n) is 8.77. The molecular formula is C27H31ClF2N4O6. The van der Waals surface area contributed by atoms with Crippen LogP contribution < -0.4 is 0 Å². The maximum absolute atomic E-state index is 14.0. The number of oxime groups is 1. The van der Waals surface area contributed by atoms with Gasteiger partial charge < -0.3 is 29.3 Å². The van der Waals surface area contributed by atoms with Gasteiger partial charge in [-0.05, 0) is 36.2 Å². The number of aromatic nitrogens is 3. The van der Waals surface area contributed by atoms with Crippen molar-refractivity contribution in [1.29, 1.82) is 0 Å². The average molecular weight is 589 g/mol. The molecule has 0 amide bonds. The normalized spacial score (nSPS) is 28.1. The number of aliphatic hydroxyl groups excluding tert-OH is 2. The number of hydrogen-bond acceptors (Lipinski definition) is 9. The molecule has 2 N–H and O–H groups in total. The second kappa shape index (κ2) is 13.6. The molecule has 1 aromatic heterocycles. The van der Waals surface area contributed by atoms with E-state index in [0.717, 1.165) is 30.1 Å². The monoisotopic (exact) mass is 588 g/mol. The van der Waals surface area contributed by atoms with E-state index in [1.54, 1.807) is 12.1 Å². The van der Waals surface area contributed by atoms with Crippen LogP contribution in [0.15, 0.2) is 53.8 Å². The van der Waals surface area contributed by atoms with Gasteiger partial charge >= 0.3 is 0 Å². The maximum atomic E-state index is 14.0. The largest absolute Gasteiger partial charge is 0.399 e. The summed E-state index contributed by atoms with van der Waals surface area (Å²) in [5, 5.41) is 33.4. The third kappa shape index (κ3) is 6.65. The summed E-state index contributed by atoms with van der Waals surface area (Å²) >= 11 is 5.98. The van der Waals surface area contributed by atoms with Crippen LogP contribution in [0.25, 0.3) is 11.3 Å². The Bertz CT molecular complexity index is 1560. The van der Waals surface area contributed by atoms with E-state index in [2.05, 4.69) is 15.5 Å². The summed E-state index contributed by atoms with van der Waals surface area (Å²) in [5.41, 5.74) is -0.608. The fourth-order valence-electron chi connectivity index (χ4n) is 4.40. The predicted molar refractivity (Wildman–Crippen MR) is 142 cm³/mol. The first kappa shape index (κ1) is 20.8. The summed E-state index contributed by atoms with van der Waals surface area (Å²) < 4.78 is 111. The van der Waals surface area contributed by atoms with Crippen LogP contribution in [0.3, 0.4) is 0 Å². The van der Waals surface area contributed by atoms with Crippen molar-refractivity contribution in [3.05, 3.63) is 70.9 Å². The summed E-state index contributed by atoms with van der Waals surface area (Å²) in [6, 6.07) is 7.09. The SMILES string of the molecule is [2H]C([2H])([2H])OC1[C@H]([C@H](OCc2ccc(Cl)cc2)/C(=N/OC)C([2H])([2H])C([2H])([2H])[2H])OC(CO)[C@H](O)[C@@H]1n1cc(-c2cc(F)cc(F)c2)nn1. The van der Waals surface area contributed by atoms with Gasteiger partial charge in [0.15, 0.2) is 0 Å². The van der Waals surface area contributed by atoms with Crippen molar-refractivity contribution in [2.75, 3.05) is 20.8 Å². The van der Waals surface area contributed by atoms with E-state index in [0.29, 0.717) is 16.7 Å². The Morgan fingerprint density at radius 1 is 1.27 bits per heavy atom. The lowest BCUT2D eigenvalue weighted by Crippen LogP contribution is -2.61. The molecule has 10 nitrogen and oxygen atoms in total. The molecule has 0 radical (unpaired) electrons. The zero-order valence-corrected chi connectivity index (χ0v) is 21.7. The van der Waals surface area contributed by atoms with E-state index in [9.17, 15) is 19.0 Å². The van der Waals surface area contributed by atoms with E-state index >= 15 is 0 Å². The molecule has 4 rings (SSSR count). The molecule has 1 aliphatic rings. The Kier molecular flexibility index (Phi) is 7.06. The van der Waals surface area contributed by atoms with Crippen molar-refractivity contribution in [1.82, 2.24) is 15.0 Å². The Morgan fingerprint density at radius 3 is 2.67 bits per heavy atom. The van der Waals surface area contributed by atoms with Crippen LogP contribution in [0.1, 0.15) is 35.8 Å². The van der Waals surface area contributed by atoms with E-state index in [-0.39, 0.29) is 17.9 Å². The first-order valence-corrected chi connectivity index (χ1v) is 12.2. The van der Waals surface area contributed by atoms with E-state index in [1.807, 2.05) is 0 Å². The highest BCUT2D eigenvalue weighted by Gasteiger charge is 2.51. The molecule has 1 saturated heterocycles. The van der Waals surface area contributed by atoms with Gasteiger partial charge in [-0.25, -0.2) is 13.5 Å². The van der Waals surface area contributed by atoms with Gasteiger partial charge in [-0.2, -0.15) is 0 Å². The van der Waals surface area contributed by atoms with E-state index in [4.69, 9.17) is 41.6 Å². The molecule has 40 heavy (non-hydrogen) atoms. The van der Waals surface area contributed by atoms with Crippen molar-refractivity contribution in [3.8, 4) is 11.3 Å². The standard InChI is InChI=1S/C27H31ClF2N4O6/c1-4-20(32-38-3)25(39-14-15-5-7-17(28)8-6-15)27-26(37-2)23(24(36)22(13-35)40-27)34-12-21(31-33-34)16-9-18(29)11-19(30)10-16/h5-12,22-27,35-36H,4,13-14H2,1-3H3/b32-20+/t22?,23-,24-,25+,26?,27-/m0/s1/i1D3,2D3,4D2. The lowest BCUT2D eigenvalue weighted by atomic mass is 9.88. The lowest BCUT2D eigenvalue weighted by Gasteiger charge is -2.46. The summed E-state index contributed by atoms with van der Waals surface area (Å²) in [4.78, 5) is 4.82. The molecule has 6 atom stereocenters. The molecule has 2 unspecified atom stereocenters. The fourth-order valence-corrected chi connectivity index (χ4v) is 4.53. The molecule has 2 aromatic carbocycles. The van der Waals surface area contributed by atoms with Crippen LogP contribution in [-0.4, -0.2) is 82.2 Å². The van der Waals surface area contributed by atoms with Crippen LogP contribution in [-0.2, 0) is 25.7 Å². The fraction of sp³-hybridized carbons (Fsp3) is 0.444. The van der Waals surface area contributed by atoms with Gasteiger partial charge in [0.25, 0.3) is 0 Å². The van der Waals surface area contributed by atoms with Crippen molar-refractivity contribution >= 4 is 17.3 Å². The number of nitrogens with zero attached hydrogens (tertiary/aromatic N) is 4. The summed E-state index contributed by atoms with van der Waals surface area (Å²) in [5.74, 6) is -1.85. The van der Waals surface area contributed by atoms with Gasteiger partial charge in [-0.15, -0.1) is 5.10 Å². The highest BCUT2D eigenvalue weighted by molar-refractivity contribution is 6.30. The highest BCUT2D eigenvalue weighted by Crippen LogP contribution is 2.35. The van der Waals surface area contributed by atoms with E-state index in [1.165, 1.54) is 12.1 Å². The van der Waals surface area contributed by atoms with Gasteiger partial charge in [-0.3, -0.25) is 0 Å². The third-order valence-electron chi connectivity index (χ3n) is 6.24. The minimum Gasteiger partial charge on any atom is -0.399 e. The number of methoxy groups -OCH3 is 1. The number of rotatable bonds is 11. The van der Waals surface area contributed by atoms with Gasteiger partial charge in [0.2, 0.25) is 0 Å². The first-order chi connectivity index (χ1) is 22.4. The molecule has 3 aromatic rings. The number of benzene rings is 2. The minimum atomic E-state index is -3.38. The molecule has 216 valence electrons. The molecular weight excluding hydrogens is 550 g/mol. The zero-order valence-electron chi connectivity index (χ0n) is 28.9. The van der Waals surface area contributed by atoms with Crippen LogP contribution in [0.2, 0.25) is 5.02 Å². The molecule has 0 saturated carbocycles. The molecule has 13 heteroatoms. The Morgan fingerprint density at radius 2 is 2.02 bits per heavy atom. The number of hydrogen-bond donors (Lipinski definition) is 2. The summed E-state index contributed by atoms with van der Waals surface area (Å²) in [7, 11) is -2.22. The van der Waals surface area contributed by atoms with Crippen LogP contribution in [0.4, 0.5) is 8.78 Å². The van der Waals surface area contributed by atoms with E-state index < -0.39 is 80.8 Å². The lowest BCUT2D eigenvalue weighted by molar-refractivity contribution is -0.233. The third-order valence-corrected chi connectivity index (χ3v) is 6.49. The van der Waals surface area contributed by atoms with Crippen molar-refractivity contribution < 1.29 is 49.0 Å². The van der Waals surface area contributed by atoms with Crippen molar-refractivity contribution in [2.24, 2.45) is 5.16 Å². The van der Waals surface area contributed by atoms with Gasteiger partial charge in [-0.1, -0.05) is 41.0 Å². The maximum Gasteiger partial charge on any atom is 0.128 e. The zero-order chi connectivity index (χ0) is 35.6. The smallest absolute Gasteiger partial charge is 0.128 e. The topological polar surface area (TPSA) is 120 Å². The molecule has 2 heterocycles. The van der Waals surface area contributed by atoms with Crippen molar-refractivity contribution in [3.63, 3.8) is 0 Å². The summed E-state index contributed by atoms with van der Waals surface area (Å²) in [6.45, 7) is -4.63. The number of halogens is 3. The minimum absolute atomic E-state index is 0.0617. The van der Waals surface area contributed by atoms with Crippen LogP contribution in [0, 0.1) is 11.6 Å². The molecule has 1 fully saturated rings. The highest BCUT2D eigenvalue weighted by atomic mass is 35.5. The molecule has 0 spiro atoms. The van der Waals surface area contributed by atoms with Gasteiger partial charge in [0, 0.05) is 30.5 Å². The predicted octanol–water partition coefficient (Wildman–Crippen LogP) is 3.55. The molecule has 1 aliphatic heterocycles. The van der Waals surface area contributed by atoms with Crippen LogP contribution in [0.5, 0.6) is 0 Å². The van der Waals surface area contributed by atoms with Gasteiger partial charge in [0.05, 0.1) is 29.2 Å². The molecule has 0 bridgehead atoms. The average Bonchev–Trinajstić information content (AvgIpc) is 3.46. The Labute approximate surface area is 246 Å². The Hall–Kier alpha value is -3.00. The summed E-state index contributed by atoms with van der Waals surface area (Å²) in [6.07, 6.45) is -11.2. The van der Waals surface area contributed by atoms with Crippen LogP contribution >= 0.6 is 11.6 Å². The second-order valence-corrected chi connectivity index (χ2v) is 9.21. The molecule has 0 aliphatic carbocycles.